The molecule has 25 heavy (non-hydrogen) atoms. The van der Waals surface area contributed by atoms with Gasteiger partial charge in [-0.1, -0.05) is 48.5 Å². The fourth-order valence-corrected chi connectivity index (χ4v) is 2.47. The van der Waals surface area contributed by atoms with Crippen LogP contribution < -0.4 is 4.74 Å². The number of hydrogen-bond acceptors (Lipinski definition) is 4. The summed E-state index contributed by atoms with van der Waals surface area (Å²) in [5.41, 5.74) is 2.43. The molecule has 0 saturated carbocycles. The Bertz CT molecular complexity index is 889. The molecule has 0 aromatic heterocycles. The highest BCUT2D eigenvalue weighted by molar-refractivity contribution is 5.84. The Labute approximate surface area is 144 Å². The molecule has 5 nitrogen and oxygen atoms in total. The zero-order valence-corrected chi connectivity index (χ0v) is 13.3. The molecule has 0 spiro atoms. The van der Waals surface area contributed by atoms with Crippen LogP contribution in [0.5, 0.6) is 5.75 Å². The number of nitro groups is 1. The Kier molecular flexibility index (Phi) is 4.85. The molecule has 0 aliphatic carbocycles. The molecule has 5 heteroatoms. The van der Waals surface area contributed by atoms with E-state index < -0.39 is 4.92 Å². The lowest BCUT2D eigenvalue weighted by molar-refractivity contribution is -0.385. The molecule has 3 aromatic carbocycles. The first-order valence-electron chi connectivity index (χ1n) is 7.68. The maximum absolute atomic E-state index is 11.1. The van der Waals surface area contributed by atoms with Gasteiger partial charge in [0.1, 0.15) is 12.4 Å². The van der Waals surface area contributed by atoms with Crippen LogP contribution in [0, 0.1) is 10.1 Å². The van der Waals surface area contributed by atoms with Gasteiger partial charge in [0, 0.05) is 6.07 Å². The highest BCUT2D eigenvalue weighted by Crippen LogP contribution is 2.28. The van der Waals surface area contributed by atoms with Crippen LogP contribution in [0.1, 0.15) is 15.9 Å². The summed E-state index contributed by atoms with van der Waals surface area (Å²) in [5, 5.41) is 11.1. The summed E-state index contributed by atoms with van der Waals surface area (Å²) in [6.45, 7) is 0.472. The SMILES string of the molecule is O=Cc1ccc(-c2ccc(OCc3ccccc3)cc2)cc1[N+](=O)[O-]. The molecule has 0 aliphatic heterocycles. The van der Waals surface area contributed by atoms with Crippen LogP contribution in [0.2, 0.25) is 0 Å². The van der Waals surface area contributed by atoms with Crippen LogP contribution in [-0.4, -0.2) is 11.2 Å². The van der Waals surface area contributed by atoms with Gasteiger partial charge in [0.05, 0.1) is 10.5 Å². The number of ether oxygens (including phenoxy) is 1. The summed E-state index contributed by atoms with van der Waals surface area (Å²) >= 11 is 0. The Balaban J connectivity index is 1.77. The maximum atomic E-state index is 11.1. The summed E-state index contributed by atoms with van der Waals surface area (Å²) in [5.74, 6) is 0.714. The normalized spacial score (nSPS) is 10.2. The monoisotopic (exact) mass is 333 g/mol. The van der Waals surface area contributed by atoms with Gasteiger partial charge in [-0.05, 0) is 34.9 Å². The van der Waals surface area contributed by atoms with E-state index in [0.29, 0.717) is 24.2 Å². The van der Waals surface area contributed by atoms with Crippen molar-refractivity contribution in [1.82, 2.24) is 0 Å². The van der Waals surface area contributed by atoms with Crippen molar-refractivity contribution in [2.45, 2.75) is 6.61 Å². The molecule has 0 heterocycles. The van der Waals surface area contributed by atoms with E-state index in [4.69, 9.17) is 4.74 Å². The largest absolute Gasteiger partial charge is 0.489 e. The van der Waals surface area contributed by atoms with Crippen molar-refractivity contribution in [3.05, 3.63) is 94.0 Å². The zero-order chi connectivity index (χ0) is 17.6. The number of nitro benzene ring substituents is 1. The van der Waals surface area contributed by atoms with Crippen molar-refractivity contribution in [3.8, 4) is 16.9 Å². The van der Waals surface area contributed by atoms with Crippen LogP contribution >= 0.6 is 0 Å². The van der Waals surface area contributed by atoms with Crippen molar-refractivity contribution in [3.63, 3.8) is 0 Å². The molecule has 0 N–H and O–H groups in total. The molecule has 0 radical (unpaired) electrons. The van der Waals surface area contributed by atoms with Crippen LogP contribution in [0.25, 0.3) is 11.1 Å². The van der Waals surface area contributed by atoms with E-state index in [1.807, 2.05) is 54.6 Å². The Morgan fingerprint density at radius 1 is 0.920 bits per heavy atom. The summed E-state index contributed by atoms with van der Waals surface area (Å²) in [4.78, 5) is 21.4. The fraction of sp³-hybridized carbons (Fsp3) is 0.0500. The summed E-state index contributed by atoms with van der Waals surface area (Å²) < 4.78 is 5.73. The van der Waals surface area contributed by atoms with Crippen molar-refractivity contribution < 1.29 is 14.5 Å². The second-order valence-electron chi connectivity index (χ2n) is 5.45. The number of carbonyl (C=O) groups excluding carboxylic acids is 1. The molecular weight excluding hydrogens is 318 g/mol. The van der Waals surface area contributed by atoms with Gasteiger partial charge in [-0.3, -0.25) is 14.9 Å². The van der Waals surface area contributed by atoms with E-state index in [1.165, 1.54) is 12.1 Å². The van der Waals surface area contributed by atoms with Gasteiger partial charge >= 0.3 is 0 Å². The third-order valence-corrected chi connectivity index (χ3v) is 3.79. The number of benzene rings is 3. The first kappa shape index (κ1) is 16.4. The Hall–Kier alpha value is -3.47. The molecule has 0 saturated heterocycles. The third kappa shape index (κ3) is 3.90. The first-order valence-corrected chi connectivity index (χ1v) is 7.68. The van der Waals surface area contributed by atoms with Crippen molar-refractivity contribution >= 4 is 12.0 Å². The van der Waals surface area contributed by atoms with Crippen molar-refractivity contribution in [2.75, 3.05) is 0 Å². The van der Waals surface area contributed by atoms with Crippen molar-refractivity contribution in [2.24, 2.45) is 0 Å². The average Bonchev–Trinajstić information content (AvgIpc) is 2.67. The summed E-state index contributed by atoms with van der Waals surface area (Å²) in [7, 11) is 0. The second-order valence-corrected chi connectivity index (χ2v) is 5.45. The average molecular weight is 333 g/mol. The zero-order valence-electron chi connectivity index (χ0n) is 13.3. The van der Waals surface area contributed by atoms with E-state index in [9.17, 15) is 14.9 Å². The molecule has 3 rings (SSSR count). The summed E-state index contributed by atoms with van der Waals surface area (Å²) in [6, 6.07) is 21.7. The highest BCUT2D eigenvalue weighted by Gasteiger charge is 2.14. The van der Waals surface area contributed by atoms with E-state index in [1.54, 1.807) is 6.07 Å². The number of nitrogens with zero attached hydrogens (tertiary/aromatic N) is 1. The second kappa shape index (κ2) is 7.40. The minimum absolute atomic E-state index is 0.0663. The first-order chi connectivity index (χ1) is 12.2. The molecular formula is C20H15NO4. The van der Waals surface area contributed by atoms with Crippen LogP contribution in [0.15, 0.2) is 72.8 Å². The molecule has 0 fully saturated rings. The number of rotatable bonds is 6. The van der Waals surface area contributed by atoms with Crippen LogP contribution in [-0.2, 0) is 6.61 Å². The van der Waals surface area contributed by atoms with Gasteiger partial charge < -0.3 is 4.74 Å². The molecule has 3 aromatic rings. The molecule has 0 atom stereocenters. The highest BCUT2D eigenvalue weighted by atomic mass is 16.6. The Morgan fingerprint density at radius 3 is 2.24 bits per heavy atom. The van der Waals surface area contributed by atoms with E-state index in [0.717, 1.165) is 11.1 Å². The van der Waals surface area contributed by atoms with Gasteiger partial charge in [-0.15, -0.1) is 0 Å². The topological polar surface area (TPSA) is 69.4 Å². The quantitative estimate of drug-likeness (QED) is 0.374. The number of hydrogen-bond donors (Lipinski definition) is 0. The van der Waals surface area contributed by atoms with Crippen LogP contribution in [0.4, 0.5) is 5.69 Å². The van der Waals surface area contributed by atoms with E-state index in [-0.39, 0.29) is 11.3 Å². The molecule has 0 amide bonds. The molecule has 0 aliphatic rings. The molecule has 124 valence electrons. The minimum Gasteiger partial charge on any atom is -0.489 e. The lowest BCUT2D eigenvalue weighted by atomic mass is 10.0. The van der Waals surface area contributed by atoms with Gasteiger partial charge in [-0.25, -0.2) is 0 Å². The number of carbonyl (C=O) groups is 1. The maximum Gasteiger partial charge on any atom is 0.280 e. The van der Waals surface area contributed by atoms with Crippen LogP contribution in [0.3, 0.4) is 0 Å². The third-order valence-electron chi connectivity index (χ3n) is 3.79. The van der Waals surface area contributed by atoms with Gasteiger partial charge in [-0.2, -0.15) is 0 Å². The predicted octanol–water partition coefficient (Wildman–Crippen LogP) is 4.65. The standard InChI is InChI=1S/C20H15NO4/c22-13-18-7-6-17(12-20(18)21(23)24)16-8-10-19(11-9-16)25-14-15-4-2-1-3-5-15/h1-13H,14H2. The van der Waals surface area contributed by atoms with Gasteiger partial charge in [0.15, 0.2) is 6.29 Å². The number of aldehydes is 1. The molecule has 0 bridgehead atoms. The summed E-state index contributed by atoms with van der Waals surface area (Å²) in [6.07, 6.45) is 0.489. The Morgan fingerprint density at radius 2 is 1.60 bits per heavy atom. The fourth-order valence-electron chi connectivity index (χ4n) is 2.47. The smallest absolute Gasteiger partial charge is 0.280 e. The lowest BCUT2D eigenvalue weighted by Gasteiger charge is -2.08. The minimum atomic E-state index is -0.551. The predicted molar refractivity (Wildman–Crippen MR) is 94.7 cm³/mol. The van der Waals surface area contributed by atoms with Gasteiger partial charge in [0.2, 0.25) is 0 Å². The molecule has 0 unspecified atom stereocenters. The van der Waals surface area contributed by atoms with E-state index in [2.05, 4.69) is 0 Å². The lowest BCUT2D eigenvalue weighted by Crippen LogP contribution is -1.95. The van der Waals surface area contributed by atoms with Gasteiger partial charge in [0.25, 0.3) is 5.69 Å². The van der Waals surface area contributed by atoms with Crippen molar-refractivity contribution in [1.29, 1.82) is 0 Å². The van der Waals surface area contributed by atoms with E-state index >= 15 is 0 Å².